The lowest BCUT2D eigenvalue weighted by molar-refractivity contribution is -0.137. The lowest BCUT2D eigenvalue weighted by Crippen LogP contribution is -2.37. The predicted octanol–water partition coefficient (Wildman–Crippen LogP) is 4.56. The molecule has 5 heterocycles. The van der Waals surface area contributed by atoms with Crippen LogP contribution in [0.2, 0.25) is 0 Å². The van der Waals surface area contributed by atoms with E-state index < -0.39 is 24.2 Å². The van der Waals surface area contributed by atoms with Gasteiger partial charge in [0.25, 0.3) is 6.43 Å². The number of anilines is 1. The number of halogens is 5. The molecule has 0 unspecified atom stereocenters. The zero-order valence-corrected chi connectivity index (χ0v) is 15.8. The van der Waals surface area contributed by atoms with Gasteiger partial charge in [-0.05, 0) is 30.3 Å². The fraction of sp³-hybridized carbons (Fsp3) is 0.250. The van der Waals surface area contributed by atoms with Gasteiger partial charge in [-0.15, -0.1) is 0 Å². The maximum absolute atomic E-state index is 13.4. The fourth-order valence-electron chi connectivity index (χ4n) is 3.90. The van der Waals surface area contributed by atoms with Gasteiger partial charge in [-0.3, -0.25) is 0 Å². The molecule has 160 valence electrons. The maximum Gasteiger partial charge on any atom is 0.417 e. The average molecular weight is 434 g/mol. The first-order chi connectivity index (χ1) is 14.8. The number of nitrogens with one attached hydrogen (secondary N) is 1. The largest absolute Gasteiger partial charge is 0.417 e. The quantitative estimate of drug-likeness (QED) is 0.480. The highest BCUT2D eigenvalue weighted by molar-refractivity contribution is 5.54. The van der Waals surface area contributed by atoms with E-state index in [1.807, 2.05) is 0 Å². The third-order valence-electron chi connectivity index (χ3n) is 5.33. The molecule has 6 nitrogen and oxygen atoms in total. The number of fused-ring (bicyclic) bond motifs is 2. The van der Waals surface area contributed by atoms with Crippen molar-refractivity contribution in [1.82, 2.24) is 24.6 Å². The van der Waals surface area contributed by atoms with Gasteiger partial charge >= 0.3 is 6.18 Å². The van der Waals surface area contributed by atoms with Crippen molar-refractivity contribution in [3.05, 3.63) is 77.3 Å². The van der Waals surface area contributed by atoms with Gasteiger partial charge in [0.2, 0.25) is 0 Å². The van der Waals surface area contributed by atoms with Gasteiger partial charge in [-0.1, -0.05) is 6.07 Å². The van der Waals surface area contributed by atoms with Crippen molar-refractivity contribution in [1.29, 1.82) is 0 Å². The molecule has 1 N–H and O–H groups in total. The molecule has 1 aliphatic rings. The minimum absolute atomic E-state index is 0.249. The SMILES string of the molecule is FC(F)c1cccc2cc([C@H]3c4nc[nH]c4CCN3c3ccc(C(F)(F)F)cn3)nn12. The Kier molecular flexibility index (Phi) is 4.42. The van der Waals surface area contributed by atoms with Crippen LogP contribution in [0.3, 0.4) is 0 Å². The van der Waals surface area contributed by atoms with E-state index in [4.69, 9.17) is 0 Å². The standard InChI is InChI=1S/C20H15F5N6/c21-19(22)15-3-1-2-12-8-14(29-31(12)15)18-17-13(27-10-28-17)6-7-30(18)16-5-4-11(9-26-16)20(23,24)25/h1-5,8-10,18-19H,6-7H2,(H,27,28)/t18-/m0/s1. The Labute approximate surface area is 172 Å². The number of H-pyrrole nitrogens is 1. The minimum Gasteiger partial charge on any atom is -0.348 e. The molecule has 0 saturated carbocycles. The minimum atomic E-state index is -4.49. The molecule has 1 atom stereocenters. The number of aromatic nitrogens is 5. The van der Waals surface area contributed by atoms with Crippen LogP contribution in [0.1, 0.15) is 40.8 Å². The second kappa shape index (κ2) is 7.03. The Morgan fingerprint density at radius 2 is 1.94 bits per heavy atom. The highest BCUT2D eigenvalue weighted by Crippen LogP contribution is 2.37. The molecule has 0 amide bonds. The van der Waals surface area contributed by atoms with Crippen molar-refractivity contribution in [3.63, 3.8) is 0 Å². The summed E-state index contributed by atoms with van der Waals surface area (Å²) >= 11 is 0. The third-order valence-corrected chi connectivity index (χ3v) is 5.33. The fourth-order valence-corrected chi connectivity index (χ4v) is 3.90. The summed E-state index contributed by atoms with van der Waals surface area (Å²) in [6, 6.07) is 7.84. The smallest absolute Gasteiger partial charge is 0.348 e. The Bertz CT molecular complexity index is 1230. The van der Waals surface area contributed by atoms with Gasteiger partial charge in [0.15, 0.2) is 0 Å². The van der Waals surface area contributed by atoms with Crippen LogP contribution in [0, 0.1) is 0 Å². The predicted molar refractivity (Wildman–Crippen MR) is 101 cm³/mol. The number of rotatable bonds is 3. The Hall–Kier alpha value is -3.50. The van der Waals surface area contributed by atoms with Crippen LogP contribution in [-0.2, 0) is 12.6 Å². The zero-order valence-electron chi connectivity index (χ0n) is 15.8. The number of hydrogen-bond donors (Lipinski definition) is 1. The summed E-state index contributed by atoms with van der Waals surface area (Å²) in [4.78, 5) is 13.2. The van der Waals surface area contributed by atoms with Gasteiger partial charge in [0.1, 0.15) is 17.6 Å². The second-order valence-corrected chi connectivity index (χ2v) is 7.17. The molecular weight excluding hydrogens is 419 g/mol. The Morgan fingerprint density at radius 1 is 1.10 bits per heavy atom. The van der Waals surface area contributed by atoms with Crippen LogP contribution < -0.4 is 4.90 Å². The number of aromatic amines is 1. The number of pyridine rings is 2. The monoisotopic (exact) mass is 434 g/mol. The van der Waals surface area contributed by atoms with Crippen molar-refractivity contribution in [2.75, 3.05) is 11.4 Å². The molecule has 0 radical (unpaired) electrons. The van der Waals surface area contributed by atoms with Crippen molar-refractivity contribution >= 4 is 11.3 Å². The van der Waals surface area contributed by atoms with E-state index in [0.717, 1.165) is 18.0 Å². The summed E-state index contributed by atoms with van der Waals surface area (Å²) in [5.41, 5.74) is 1.33. The van der Waals surface area contributed by atoms with E-state index in [2.05, 4.69) is 20.1 Å². The zero-order chi connectivity index (χ0) is 21.8. The molecule has 31 heavy (non-hydrogen) atoms. The van der Waals surface area contributed by atoms with Crippen LogP contribution >= 0.6 is 0 Å². The molecule has 0 spiro atoms. The van der Waals surface area contributed by atoms with Crippen LogP contribution in [0.15, 0.2) is 48.9 Å². The van der Waals surface area contributed by atoms with Crippen molar-refractivity contribution < 1.29 is 22.0 Å². The summed E-state index contributed by atoms with van der Waals surface area (Å²) < 4.78 is 66.8. The van der Waals surface area contributed by atoms with E-state index in [9.17, 15) is 22.0 Å². The highest BCUT2D eigenvalue weighted by Gasteiger charge is 2.35. The summed E-state index contributed by atoms with van der Waals surface area (Å²) in [7, 11) is 0. The number of nitrogens with zero attached hydrogens (tertiary/aromatic N) is 5. The first-order valence-corrected chi connectivity index (χ1v) is 9.41. The number of imidazole rings is 1. The lowest BCUT2D eigenvalue weighted by Gasteiger charge is -2.35. The molecule has 1 aliphatic heterocycles. The van der Waals surface area contributed by atoms with E-state index in [1.54, 1.807) is 17.0 Å². The molecule has 0 aliphatic carbocycles. The molecule has 0 saturated heterocycles. The maximum atomic E-state index is 13.4. The lowest BCUT2D eigenvalue weighted by atomic mass is 9.99. The van der Waals surface area contributed by atoms with Crippen molar-refractivity contribution in [2.24, 2.45) is 0 Å². The van der Waals surface area contributed by atoms with Crippen LogP contribution in [0.5, 0.6) is 0 Å². The van der Waals surface area contributed by atoms with E-state index in [1.165, 1.54) is 29.0 Å². The summed E-state index contributed by atoms with van der Waals surface area (Å²) in [5.74, 6) is 0.317. The second-order valence-electron chi connectivity index (χ2n) is 7.17. The van der Waals surface area contributed by atoms with Gasteiger partial charge < -0.3 is 9.88 Å². The first-order valence-electron chi connectivity index (χ1n) is 9.41. The van der Waals surface area contributed by atoms with Crippen LogP contribution in [0.4, 0.5) is 27.8 Å². The summed E-state index contributed by atoms with van der Waals surface area (Å²) in [6.07, 6.45) is -4.32. The first kappa shape index (κ1) is 19.5. The Morgan fingerprint density at radius 3 is 2.65 bits per heavy atom. The van der Waals surface area contributed by atoms with E-state index in [-0.39, 0.29) is 5.69 Å². The number of hydrogen-bond acceptors (Lipinski definition) is 4. The Balaban J connectivity index is 1.62. The van der Waals surface area contributed by atoms with Gasteiger partial charge in [0.05, 0.1) is 28.8 Å². The van der Waals surface area contributed by atoms with Crippen molar-refractivity contribution in [2.45, 2.75) is 25.1 Å². The van der Waals surface area contributed by atoms with Crippen molar-refractivity contribution in [3.8, 4) is 0 Å². The molecule has 11 heteroatoms. The highest BCUT2D eigenvalue weighted by atomic mass is 19.4. The van der Waals surface area contributed by atoms with Gasteiger partial charge in [-0.2, -0.15) is 18.3 Å². The van der Waals surface area contributed by atoms with Crippen LogP contribution in [0.25, 0.3) is 5.52 Å². The van der Waals surface area contributed by atoms with Gasteiger partial charge in [-0.25, -0.2) is 23.3 Å². The normalized spacial score (nSPS) is 16.8. The van der Waals surface area contributed by atoms with Crippen LogP contribution in [-0.4, -0.2) is 31.1 Å². The number of alkyl halides is 5. The summed E-state index contributed by atoms with van der Waals surface area (Å²) in [5, 5.41) is 4.40. The topological polar surface area (TPSA) is 62.1 Å². The van der Waals surface area contributed by atoms with Gasteiger partial charge in [0, 0.05) is 24.9 Å². The van der Waals surface area contributed by atoms with E-state index >= 15 is 0 Å². The molecular formula is C20H15F5N6. The molecule has 4 aromatic rings. The summed E-state index contributed by atoms with van der Waals surface area (Å²) in [6.45, 7) is 0.438. The molecule has 0 bridgehead atoms. The molecule has 5 rings (SSSR count). The third kappa shape index (κ3) is 3.29. The molecule has 4 aromatic heterocycles. The average Bonchev–Trinajstić information content (AvgIpc) is 3.38. The van der Waals surface area contributed by atoms with E-state index in [0.29, 0.717) is 35.7 Å². The molecule has 0 aromatic carbocycles. The molecule has 0 fully saturated rings.